The summed E-state index contributed by atoms with van der Waals surface area (Å²) in [7, 11) is 0. The lowest BCUT2D eigenvalue weighted by Crippen LogP contribution is -2.50. The Morgan fingerprint density at radius 2 is 1.71 bits per heavy atom. The molecular weight excluding hydrogens is 356 g/mol. The highest BCUT2D eigenvalue weighted by Crippen LogP contribution is 2.17. The van der Waals surface area contributed by atoms with Crippen molar-refractivity contribution < 1.29 is 14.3 Å². The topological polar surface area (TPSA) is 75.6 Å². The van der Waals surface area contributed by atoms with Gasteiger partial charge in [-0.1, -0.05) is 18.2 Å². The van der Waals surface area contributed by atoms with Gasteiger partial charge in [-0.15, -0.1) is 0 Å². The average molecular weight is 376 g/mol. The second-order valence-electron chi connectivity index (χ2n) is 6.51. The Labute approximate surface area is 162 Å². The molecule has 142 valence electrons. The van der Waals surface area contributed by atoms with Crippen LogP contribution in [0.2, 0.25) is 0 Å². The highest BCUT2D eigenvalue weighted by atomic mass is 16.5. The van der Waals surface area contributed by atoms with Gasteiger partial charge in [0, 0.05) is 44.0 Å². The monoisotopic (exact) mass is 376 g/mol. The van der Waals surface area contributed by atoms with Gasteiger partial charge in [0.2, 0.25) is 0 Å². The summed E-state index contributed by atoms with van der Waals surface area (Å²) in [6.07, 6.45) is 3.43. The fraction of sp³-hybridized carbons (Fsp3) is 0.238. The van der Waals surface area contributed by atoms with Gasteiger partial charge in [0.25, 0.3) is 5.91 Å². The van der Waals surface area contributed by atoms with Gasteiger partial charge in [-0.3, -0.25) is 9.78 Å². The van der Waals surface area contributed by atoms with Gasteiger partial charge < -0.3 is 14.5 Å². The van der Waals surface area contributed by atoms with E-state index in [4.69, 9.17) is 4.74 Å². The van der Waals surface area contributed by atoms with Crippen molar-refractivity contribution in [1.82, 2.24) is 14.9 Å². The first-order chi connectivity index (χ1) is 13.7. The van der Waals surface area contributed by atoms with Crippen molar-refractivity contribution in [3.63, 3.8) is 0 Å². The molecule has 0 radical (unpaired) electrons. The zero-order valence-corrected chi connectivity index (χ0v) is 15.3. The predicted molar refractivity (Wildman–Crippen MR) is 105 cm³/mol. The van der Waals surface area contributed by atoms with E-state index in [1.165, 1.54) is 0 Å². The van der Waals surface area contributed by atoms with Crippen molar-refractivity contribution in [3.8, 4) is 0 Å². The van der Waals surface area contributed by atoms with Gasteiger partial charge >= 0.3 is 5.97 Å². The van der Waals surface area contributed by atoms with E-state index in [1.807, 2.05) is 30.3 Å². The number of benzene rings is 1. The number of fused-ring (bicyclic) bond motifs is 1. The third-order valence-electron chi connectivity index (χ3n) is 4.80. The fourth-order valence-electron chi connectivity index (χ4n) is 3.30. The number of ether oxygens (including phenoxy) is 1. The minimum Gasteiger partial charge on any atom is -0.452 e. The molecule has 1 fully saturated rings. The van der Waals surface area contributed by atoms with Gasteiger partial charge in [0.15, 0.2) is 6.61 Å². The van der Waals surface area contributed by atoms with Crippen molar-refractivity contribution in [2.24, 2.45) is 0 Å². The van der Waals surface area contributed by atoms with Crippen LogP contribution in [0.1, 0.15) is 10.4 Å². The Balaban J connectivity index is 1.33. The second kappa shape index (κ2) is 8.04. The van der Waals surface area contributed by atoms with Gasteiger partial charge in [0.05, 0.1) is 11.1 Å². The van der Waals surface area contributed by atoms with E-state index < -0.39 is 5.97 Å². The van der Waals surface area contributed by atoms with E-state index in [2.05, 4.69) is 14.9 Å². The van der Waals surface area contributed by atoms with Crippen LogP contribution in [0.4, 0.5) is 5.82 Å². The van der Waals surface area contributed by atoms with Gasteiger partial charge in [-0.05, 0) is 30.3 Å². The molecule has 0 spiro atoms. The molecule has 1 aromatic carbocycles. The number of carbonyl (C=O) groups is 2. The van der Waals surface area contributed by atoms with E-state index in [0.29, 0.717) is 42.6 Å². The summed E-state index contributed by atoms with van der Waals surface area (Å²) >= 11 is 0. The number of hydrogen-bond donors (Lipinski definition) is 0. The SMILES string of the molecule is O=C(OCC(=O)N1CCN(c2ccccn2)CC1)c1cccc2ncccc12. The second-order valence-corrected chi connectivity index (χ2v) is 6.51. The summed E-state index contributed by atoms with van der Waals surface area (Å²) < 4.78 is 5.28. The molecule has 3 heterocycles. The van der Waals surface area contributed by atoms with E-state index in [1.54, 1.807) is 35.5 Å². The van der Waals surface area contributed by atoms with Crippen LogP contribution in [0, 0.1) is 0 Å². The lowest BCUT2D eigenvalue weighted by Gasteiger charge is -2.35. The molecule has 1 amide bonds. The number of pyridine rings is 2. The smallest absolute Gasteiger partial charge is 0.339 e. The van der Waals surface area contributed by atoms with Gasteiger partial charge in [-0.2, -0.15) is 0 Å². The van der Waals surface area contributed by atoms with E-state index in [0.717, 1.165) is 5.82 Å². The summed E-state index contributed by atoms with van der Waals surface area (Å²) in [5.74, 6) is 0.206. The molecule has 0 unspecified atom stereocenters. The highest BCUT2D eigenvalue weighted by Gasteiger charge is 2.23. The lowest BCUT2D eigenvalue weighted by molar-refractivity contribution is -0.134. The molecule has 4 rings (SSSR count). The number of amides is 1. The molecule has 2 aromatic heterocycles. The van der Waals surface area contributed by atoms with E-state index >= 15 is 0 Å². The van der Waals surface area contributed by atoms with Crippen LogP contribution >= 0.6 is 0 Å². The van der Waals surface area contributed by atoms with E-state index in [-0.39, 0.29) is 12.5 Å². The Morgan fingerprint density at radius 1 is 0.893 bits per heavy atom. The van der Waals surface area contributed by atoms with Gasteiger partial charge in [0.1, 0.15) is 5.82 Å². The summed E-state index contributed by atoms with van der Waals surface area (Å²) in [6, 6.07) is 14.6. The zero-order valence-electron chi connectivity index (χ0n) is 15.3. The quantitative estimate of drug-likeness (QED) is 0.650. The molecular formula is C21H20N4O3. The van der Waals surface area contributed by atoms with Crippen molar-refractivity contribution in [1.29, 1.82) is 0 Å². The van der Waals surface area contributed by atoms with Crippen molar-refractivity contribution in [3.05, 3.63) is 66.5 Å². The minimum absolute atomic E-state index is 0.188. The van der Waals surface area contributed by atoms with Crippen LogP contribution in [0.5, 0.6) is 0 Å². The number of piperazine rings is 1. The molecule has 28 heavy (non-hydrogen) atoms. The maximum atomic E-state index is 12.4. The van der Waals surface area contributed by atoms with Crippen LogP contribution in [-0.2, 0) is 9.53 Å². The van der Waals surface area contributed by atoms with Crippen LogP contribution in [0.15, 0.2) is 60.9 Å². The number of carbonyl (C=O) groups excluding carboxylic acids is 2. The van der Waals surface area contributed by atoms with Crippen LogP contribution in [0.25, 0.3) is 10.9 Å². The maximum Gasteiger partial charge on any atom is 0.339 e. The first-order valence-corrected chi connectivity index (χ1v) is 9.17. The number of nitrogens with zero attached hydrogens (tertiary/aromatic N) is 4. The highest BCUT2D eigenvalue weighted by molar-refractivity contribution is 6.03. The maximum absolute atomic E-state index is 12.4. The van der Waals surface area contributed by atoms with Crippen molar-refractivity contribution in [2.45, 2.75) is 0 Å². The zero-order chi connectivity index (χ0) is 19.3. The molecule has 1 saturated heterocycles. The lowest BCUT2D eigenvalue weighted by atomic mass is 10.1. The Morgan fingerprint density at radius 3 is 2.50 bits per heavy atom. The normalized spacial score (nSPS) is 14.1. The summed E-state index contributed by atoms with van der Waals surface area (Å²) in [5, 5.41) is 0.714. The summed E-state index contributed by atoms with van der Waals surface area (Å²) in [6.45, 7) is 2.28. The minimum atomic E-state index is -0.515. The van der Waals surface area contributed by atoms with Crippen LogP contribution in [0.3, 0.4) is 0 Å². The molecule has 1 aliphatic heterocycles. The number of aromatic nitrogens is 2. The Kier molecular flexibility index (Phi) is 5.14. The summed E-state index contributed by atoms with van der Waals surface area (Å²) in [5.41, 5.74) is 1.13. The first-order valence-electron chi connectivity index (χ1n) is 9.17. The molecule has 1 aliphatic rings. The van der Waals surface area contributed by atoms with E-state index in [9.17, 15) is 9.59 Å². The van der Waals surface area contributed by atoms with Crippen LogP contribution in [-0.4, -0.2) is 59.5 Å². The largest absolute Gasteiger partial charge is 0.452 e. The average Bonchev–Trinajstić information content (AvgIpc) is 2.77. The Hall–Kier alpha value is -3.48. The molecule has 0 bridgehead atoms. The number of hydrogen-bond acceptors (Lipinski definition) is 6. The Bertz CT molecular complexity index is 980. The molecule has 7 heteroatoms. The molecule has 0 aliphatic carbocycles. The molecule has 0 atom stereocenters. The first kappa shape index (κ1) is 17.9. The number of esters is 1. The summed E-state index contributed by atoms with van der Waals surface area (Å²) in [4.78, 5) is 37.3. The molecule has 7 nitrogen and oxygen atoms in total. The predicted octanol–water partition coefficient (Wildman–Crippen LogP) is 2.14. The van der Waals surface area contributed by atoms with Gasteiger partial charge in [-0.25, -0.2) is 9.78 Å². The number of anilines is 1. The molecule has 0 saturated carbocycles. The molecule has 0 N–H and O–H groups in total. The third-order valence-corrected chi connectivity index (χ3v) is 4.80. The third kappa shape index (κ3) is 3.78. The number of rotatable bonds is 4. The van der Waals surface area contributed by atoms with Crippen molar-refractivity contribution in [2.75, 3.05) is 37.7 Å². The fourth-order valence-corrected chi connectivity index (χ4v) is 3.30. The molecule has 3 aromatic rings. The van der Waals surface area contributed by atoms with Crippen LogP contribution < -0.4 is 4.90 Å². The standard InChI is InChI=1S/C21H20N4O3/c26-20(25-13-11-24(12-14-25)19-8-1-2-9-23-19)15-28-21(27)17-5-3-7-18-16(17)6-4-10-22-18/h1-10H,11-15H2. The van der Waals surface area contributed by atoms with Crippen molar-refractivity contribution >= 4 is 28.6 Å².